The zero-order chi connectivity index (χ0) is 26.9. The van der Waals surface area contributed by atoms with Crippen LogP contribution in [0.1, 0.15) is 5.56 Å². The molecule has 4 N–H and O–H groups in total. The van der Waals surface area contributed by atoms with Crippen molar-refractivity contribution < 1.29 is 9.53 Å². The Bertz CT molecular complexity index is 1280. The smallest absolute Gasteiger partial charge is 0.247 e. The first-order valence-corrected chi connectivity index (χ1v) is 11.7. The monoisotopic (exact) mass is 502 g/mol. The van der Waals surface area contributed by atoms with Crippen molar-refractivity contribution in [3.8, 4) is 17.0 Å². The second kappa shape index (κ2) is 12.5. The molecule has 0 fully saturated rings. The van der Waals surface area contributed by atoms with Gasteiger partial charge in [-0.1, -0.05) is 12.6 Å². The number of nitrogens with one attached hydrogen (secondary N) is 4. The molecule has 0 saturated carbocycles. The first kappa shape index (κ1) is 27.2. The van der Waals surface area contributed by atoms with Crippen LogP contribution in [0.3, 0.4) is 0 Å². The van der Waals surface area contributed by atoms with E-state index in [0.29, 0.717) is 28.8 Å². The highest BCUT2D eigenvalue weighted by Crippen LogP contribution is 2.38. The first-order chi connectivity index (χ1) is 17.8. The fourth-order valence-electron chi connectivity index (χ4n) is 3.68. The maximum Gasteiger partial charge on any atom is 0.247 e. The Morgan fingerprint density at radius 3 is 2.54 bits per heavy atom. The van der Waals surface area contributed by atoms with Crippen LogP contribution in [0.25, 0.3) is 11.3 Å². The van der Waals surface area contributed by atoms with Crippen LogP contribution in [0.2, 0.25) is 0 Å². The minimum absolute atomic E-state index is 0.316. The summed E-state index contributed by atoms with van der Waals surface area (Å²) in [6, 6.07) is 11.2. The lowest BCUT2D eigenvalue weighted by Crippen LogP contribution is -2.29. The van der Waals surface area contributed by atoms with E-state index in [9.17, 15) is 4.79 Å². The highest BCUT2D eigenvalue weighted by Gasteiger charge is 2.17. The number of benzene rings is 2. The van der Waals surface area contributed by atoms with Crippen LogP contribution in [0.5, 0.6) is 5.75 Å². The highest BCUT2D eigenvalue weighted by atomic mass is 16.5. The lowest BCUT2D eigenvalue weighted by molar-refractivity contribution is -0.111. The van der Waals surface area contributed by atoms with Crippen molar-refractivity contribution in [3.63, 3.8) is 0 Å². The van der Waals surface area contributed by atoms with Crippen LogP contribution in [0, 0.1) is 5.41 Å². The van der Waals surface area contributed by atoms with Gasteiger partial charge in [-0.15, -0.1) is 0 Å². The fourth-order valence-corrected chi connectivity index (χ4v) is 3.68. The zero-order valence-corrected chi connectivity index (χ0v) is 21.9. The standard InChI is InChI=1S/C27H34N8O2/c1-7-26(36)31-22-15-23(25(37-6)16-24(22)35(5)13-12-34(3)4)33-27-30-11-10-21(32-27)18-8-9-20(29-2)19(14-18)17-28/h7-11,14-17,28-29H,1,12-13H2,2-6H3,(H,31,36)(H,30,32,33). The molecule has 1 heterocycles. The van der Waals surface area contributed by atoms with Gasteiger partial charge in [0.15, 0.2) is 0 Å². The summed E-state index contributed by atoms with van der Waals surface area (Å²) in [6.07, 6.45) is 4.20. The van der Waals surface area contributed by atoms with E-state index in [1.165, 1.54) is 12.3 Å². The molecule has 10 heteroatoms. The lowest BCUT2D eigenvalue weighted by Gasteiger charge is -2.26. The van der Waals surface area contributed by atoms with Crippen molar-refractivity contribution in [2.75, 3.05) is 69.2 Å². The molecule has 194 valence electrons. The Hall–Kier alpha value is -4.44. The summed E-state index contributed by atoms with van der Waals surface area (Å²) >= 11 is 0. The number of ether oxygens (including phenoxy) is 1. The van der Waals surface area contributed by atoms with Gasteiger partial charge < -0.3 is 35.9 Å². The number of hydrogen-bond acceptors (Lipinski definition) is 9. The van der Waals surface area contributed by atoms with E-state index in [1.807, 2.05) is 58.5 Å². The molecule has 0 spiro atoms. The summed E-state index contributed by atoms with van der Waals surface area (Å²) in [4.78, 5) is 25.4. The SMILES string of the molecule is C=CC(=O)Nc1cc(Nc2nccc(-c3ccc(NC)c(C=N)c3)n2)c(OC)cc1N(C)CCN(C)C. The number of nitrogens with zero attached hydrogens (tertiary/aromatic N) is 4. The van der Waals surface area contributed by atoms with Gasteiger partial charge in [0.05, 0.1) is 29.9 Å². The molecule has 1 amide bonds. The Balaban J connectivity index is 1.98. The second-order valence-corrected chi connectivity index (χ2v) is 8.57. The number of hydrogen-bond donors (Lipinski definition) is 4. The van der Waals surface area contributed by atoms with Crippen LogP contribution in [-0.4, -0.2) is 75.4 Å². The number of rotatable bonds is 12. The average Bonchev–Trinajstić information content (AvgIpc) is 2.91. The van der Waals surface area contributed by atoms with Gasteiger partial charge >= 0.3 is 0 Å². The summed E-state index contributed by atoms with van der Waals surface area (Å²) in [5.74, 6) is 0.616. The predicted molar refractivity (Wildman–Crippen MR) is 152 cm³/mol. The van der Waals surface area contributed by atoms with Crippen molar-refractivity contribution in [2.24, 2.45) is 0 Å². The van der Waals surface area contributed by atoms with Crippen LogP contribution in [-0.2, 0) is 4.79 Å². The molecule has 0 unspecified atom stereocenters. The van der Waals surface area contributed by atoms with E-state index >= 15 is 0 Å². The Kier molecular flexibility index (Phi) is 9.17. The molecule has 37 heavy (non-hydrogen) atoms. The van der Waals surface area contributed by atoms with Crippen molar-refractivity contribution in [2.45, 2.75) is 0 Å². The maximum absolute atomic E-state index is 12.2. The minimum Gasteiger partial charge on any atom is -0.494 e. The molecule has 1 aromatic heterocycles. The largest absolute Gasteiger partial charge is 0.494 e. The summed E-state index contributed by atoms with van der Waals surface area (Å²) in [6.45, 7) is 5.15. The van der Waals surface area contributed by atoms with Gasteiger partial charge in [-0.2, -0.15) is 0 Å². The topological polar surface area (TPSA) is 118 Å². The molecule has 3 aromatic rings. The van der Waals surface area contributed by atoms with Crippen molar-refractivity contribution in [3.05, 3.63) is 60.8 Å². The quantitative estimate of drug-likeness (QED) is 0.216. The van der Waals surface area contributed by atoms with E-state index in [2.05, 4.69) is 42.3 Å². The Labute approximate surface area is 217 Å². The van der Waals surface area contributed by atoms with Crippen molar-refractivity contribution >= 4 is 40.8 Å². The predicted octanol–water partition coefficient (Wildman–Crippen LogP) is 4.06. The molecule has 0 aliphatic heterocycles. The van der Waals surface area contributed by atoms with Gasteiger partial charge in [-0.05, 0) is 44.4 Å². The van der Waals surface area contributed by atoms with Gasteiger partial charge in [0, 0.05) is 62.5 Å². The average molecular weight is 503 g/mol. The summed E-state index contributed by atoms with van der Waals surface area (Å²) in [5, 5.41) is 16.9. The number of carbonyl (C=O) groups is 1. The fraction of sp³-hybridized carbons (Fsp3) is 0.259. The summed E-state index contributed by atoms with van der Waals surface area (Å²) < 4.78 is 5.67. The molecule has 0 radical (unpaired) electrons. The number of methoxy groups -OCH3 is 1. The van der Waals surface area contributed by atoms with Crippen molar-refractivity contribution in [1.29, 1.82) is 5.41 Å². The van der Waals surface area contributed by atoms with E-state index in [-0.39, 0.29) is 5.91 Å². The van der Waals surface area contributed by atoms with E-state index < -0.39 is 0 Å². The summed E-state index contributed by atoms with van der Waals surface area (Å²) in [5.41, 5.74) is 5.16. The molecule has 0 bridgehead atoms. The van der Waals surface area contributed by atoms with Crippen molar-refractivity contribution in [1.82, 2.24) is 14.9 Å². The molecular weight excluding hydrogens is 468 g/mol. The third kappa shape index (κ3) is 6.83. The zero-order valence-electron chi connectivity index (χ0n) is 21.9. The van der Waals surface area contributed by atoms with Crippen LogP contribution < -0.4 is 25.6 Å². The van der Waals surface area contributed by atoms with E-state index in [4.69, 9.17) is 10.1 Å². The number of amides is 1. The third-order valence-electron chi connectivity index (χ3n) is 5.73. The maximum atomic E-state index is 12.2. The number of likely N-dealkylation sites (N-methyl/N-ethyl adjacent to an activating group) is 2. The van der Waals surface area contributed by atoms with Gasteiger partial charge in [-0.25, -0.2) is 9.97 Å². The Morgan fingerprint density at radius 2 is 1.89 bits per heavy atom. The third-order valence-corrected chi connectivity index (χ3v) is 5.73. The lowest BCUT2D eigenvalue weighted by atomic mass is 10.1. The van der Waals surface area contributed by atoms with Gasteiger partial charge in [0.1, 0.15) is 5.75 Å². The molecule has 0 atom stereocenters. The number of aromatic nitrogens is 2. The van der Waals surface area contributed by atoms with Gasteiger partial charge in [0.25, 0.3) is 0 Å². The molecule has 3 rings (SSSR count). The first-order valence-electron chi connectivity index (χ1n) is 11.7. The normalized spacial score (nSPS) is 10.5. The Morgan fingerprint density at radius 1 is 1.11 bits per heavy atom. The highest BCUT2D eigenvalue weighted by molar-refractivity contribution is 6.02. The molecule has 0 aliphatic rings. The molecule has 0 aliphatic carbocycles. The van der Waals surface area contributed by atoms with Crippen LogP contribution in [0.15, 0.2) is 55.3 Å². The molecular formula is C27H34N8O2. The molecule has 0 saturated heterocycles. The van der Waals surface area contributed by atoms with Gasteiger partial charge in [0.2, 0.25) is 11.9 Å². The molecule has 10 nitrogen and oxygen atoms in total. The molecule has 2 aromatic carbocycles. The van der Waals surface area contributed by atoms with Crippen LogP contribution >= 0.6 is 0 Å². The van der Waals surface area contributed by atoms with E-state index in [1.54, 1.807) is 19.4 Å². The van der Waals surface area contributed by atoms with E-state index in [0.717, 1.165) is 35.6 Å². The van der Waals surface area contributed by atoms with Gasteiger partial charge in [-0.3, -0.25) is 4.79 Å². The summed E-state index contributed by atoms with van der Waals surface area (Å²) in [7, 11) is 9.39. The van der Waals surface area contributed by atoms with Crippen LogP contribution in [0.4, 0.5) is 28.7 Å². The number of carbonyl (C=O) groups excluding carboxylic acids is 1. The minimum atomic E-state index is -0.316. The number of anilines is 5. The second-order valence-electron chi connectivity index (χ2n) is 8.57.